The van der Waals surface area contributed by atoms with Crippen molar-refractivity contribution >= 4 is 44.3 Å². The van der Waals surface area contributed by atoms with Crippen molar-refractivity contribution in [1.29, 1.82) is 0 Å². The van der Waals surface area contributed by atoms with Crippen LogP contribution in [0.3, 0.4) is 0 Å². The maximum Gasteiger partial charge on any atom is 0.293 e. The third-order valence-electron chi connectivity index (χ3n) is 9.87. The van der Waals surface area contributed by atoms with E-state index < -0.39 is 75.5 Å². The third kappa shape index (κ3) is 7.45. The summed E-state index contributed by atoms with van der Waals surface area (Å²) in [7, 11) is -2.23. The van der Waals surface area contributed by atoms with E-state index in [1.165, 1.54) is 42.8 Å². The van der Waals surface area contributed by atoms with Gasteiger partial charge in [0, 0.05) is 29.7 Å². The van der Waals surface area contributed by atoms with Gasteiger partial charge in [0.25, 0.3) is 12.3 Å². The molecule has 56 heavy (non-hydrogen) atoms. The first-order chi connectivity index (χ1) is 26.2. The number of pyridine rings is 1. The predicted octanol–water partition coefficient (Wildman–Crippen LogP) is 6.76. The van der Waals surface area contributed by atoms with E-state index in [2.05, 4.69) is 32.1 Å². The van der Waals surface area contributed by atoms with E-state index in [1.807, 2.05) is 0 Å². The zero-order chi connectivity index (χ0) is 40.5. The highest BCUT2D eigenvalue weighted by atomic mass is 35.5. The van der Waals surface area contributed by atoms with Gasteiger partial charge in [0.2, 0.25) is 15.9 Å². The number of carbonyl (C=O) groups excluding carboxylic acids is 1. The molecule has 0 bridgehead atoms. The molecule has 1 saturated carbocycles. The fraction of sp³-hybridized carbons (Fsp3) is 0.368. The molecule has 5 aromatic rings. The van der Waals surface area contributed by atoms with Crippen LogP contribution in [0, 0.1) is 23.6 Å². The SMILES string of the molecule is Cn1nc(NS(C)(=O)=O)c2c(Cl)ccc(-c3ccc(C#CC(C)(C)O)nc3C(Cc3cccc(F)c3)NC(=O)Cn3nc(C(F)F)c4c3C(F)(F)C3CCC43)c21. The van der Waals surface area contributed by atoms with Crippen LogP contribution in [0.25, 0.3) is 22.0 Å². The van der Waals surface area contributed by atoms with E-state index in [-0.39, 0.29) is 46.0 Å². The molecule has 2 aliphatic rings. The van der Waals surface area contributed by atoms with Crippen molar-refractivity contribution in [2.45, 2.75) is 69.6 Å². The molecule has 1 amide bonds. The van der Waals surface area contributed by atoms with Crippen LogP contribution < -0.4 is 10.0 Å². The fourth-order valence-corrected chi connectivity index (χ4v) is 8.27. The lowest BCUT2D eigenvalue weighted by atomic mass is 9.73. The van der Waals surface area contributed by atoms with Gasteiger partial charge in [-0.25, -0.2) is 26.6 Å². The second-order valence-corrected chi connectivity index (χ2v) is 16.7. The standard InChI is InChI=1S/C38H35ClF5N7O4S/c1-37(2,53)15-14-21-8-9-22(23-11-13-26(39)30-33(23)50(3)48-36(30)49-56(4,54)55)31(45-21)27(17-19-6-5-7-20(40)16-19)46-28(52)18-51-34-29(32(47-51)35(41)42)24-10-12-25(24)38(34,43)44/h5-9,11,13,16,24-25,27,35,53H,10,12,17-18H2,1-4H3,(H,46,52)(H,48,49). The highest BCUT2D eigenvalue weighted by Gasteiger charge is 2.62. The van der Waals surface area contributed by atoms with Crippen molar-refractivity contribution < 1.29 is 40.3 Å². The summed E-state index contributed by atoms with van der Waals surface area (Å²) < 4.78 is 103. The van der Waals surface area contributed by atoms with Gasteiger partial charge in [-0.3, -0.25) is 18.9 Å². The number of rotatable bonds is 10. The van der Waals surface area contributed by atoms with E-state index in [1.54, 1.807) is 31.3 Å². The average Bonchev–Trinajstić information content (AvgIpc) is 3.64. The van der Waals surface area contributed by atoms with Gasteiger partial charge in [-0.2, -0.15) is 19.0 Å². The summed E-state index contributed by atoms with van der Waals surface area (Å²) in [5, 5.41) is 21.7. The van der Waals surface area contributed by atoms with Gasteiger partial charge >= 0.3 is 0 Å². The summed E-state index contributed by atoms with van der Waals surface area (Å²) in [5.74, 6) is -1.42. The number of sulfonamides is 1. The van der Waals surface area contributed by atoms with Crippen LogP contribution in [0.15, 0.2) is 48.5 Å². The summed E-state index contributed by atoms with van der Waals surface area (Å²) in [6.07, 6.45) is -1.83. The topological polar surface area (TPSA) is 144 Å². The number of aryl methyl sites for hydroxylation is 1. The predicted molar refractivity (Wildman–Crippen MR) is 198 cm³/mol. The molecule has 0 spiro atoms. The molecule has 294 valence electrons. The van der Waals surface area contributed by atoms with Crippen LogP contribution in [0.2, 0.25) is 5.02 Å². The normalized spacial score (nSPS) is 17.9. The van der Waals surface area contributed by atoms with E-state index >= 15 is 8.78 Å². The molecule has 1 fully saturated rings. The summed E-state index contributed by atoms with van der Waals surface area (Å²) in [5.41, 5.74) is -1.25. The van der Waals surface area contributed by atoms with Gasteiger partial charge in [-0.05, 0) is 80.8 Å². The minimum Gasteiger partial charge on any atom is -0.378 e. The number of hydrogen-bond donors (Lipinski definition) is 3. The molecular weight excluding hydrogens is 781 g/mol. The fourth-order valence-electron chi connectivity index (χ4n) is 7.53. The van der Waals surface area contributed by atoms with Gasteiger partial charge in [-0.15, -0.1) is 0 Å². The van der Waals surface area contributed by atoms with Crippen LogP contribution in [0.4, 0.5) is 27.8 Å². The number of nitrogens with one attached hydrogen (secondary N) is 2. The molecule has 0 aliphatic heterocycles. The molecule has 3 N–H and O–H groups in total. The first-order valence-corrected chi connectivity index (χ1v) is 19.7. The minimum atomic E-state index is -3.80. The molecule has 2 aliphatic carbocycles. The van der Waals surface area contributed by atoms with Gasteiger partial charge in [0.05, 0.1) is 33.9 Å². The number of carbonyl (C=O) groups is 1. The molecule has 3 aromatic heterocycles. The zero-order valence-electron chi connectivity index (χ0n) is 30.3. The maximum atomic E-state index is 15.6. The molecule has 18 heteroatoms. The van der Waals surface area contributed by atoms with Gasteiger partial charge in [-0.1, -0.05) is 35.7 Å². The Balaban J connectivity index is 1.38. The van der Waals surface area contributed by atoms with Crippen molar-refractivity contribution in [3.05, 3.63) is 93.3 Å². The van der Waals surface area contributed by atoms with Crippen molar-refractivity contribution in [2.75, 3.05) is 11.0 Å². The molecular formula is C38H35ClF5N7O4S. The van der Waals surface area contributed by atoms with Crippen LogP contribution in [0.1, 0.15) is 79.0 Å². The number of alkyl halides is 4. The van der Waals surface area contributed by atoms with Crippen LogP contribution in [0.5, 0.6) is 0 Å². The summed E-state index contributed by atoms with van der Waals surface area (Å²) >= 11 is 6.60. The van der Waals surface area contributed by atoms with Crippen molar-refractivity contribution in [3.8, 4) is 23.0 Å². The number of aromatic nitrogens is 5. The van der Waals surface area contributed by atoms with Crippen LogP contribution in [-0.4, -0.2) is 55.8 Å². The van der Waals surface area contributed by atoms with E-state index in [0.29, 0.717) is 33.3 Å². The second kappa shape index (κ2) is 14.2. The molecule has 7 rings (SSSR count). The van der Waals surface area contributed by atoms with Gasteiger partial charge in [0.15, 0.2) is 5.82 Å². The smallest absolute Gasteiger partial charge is 0.293 e. The third-order valence-corrected chi connectivity index (χ3v) is 10.7. The van der Waals surface area contributed by atoms with Crippen molar-refractivity contribution in [2.24, 2.45) is 13.0 Å². The van der Waals surface area contributed by atoms with Crippen molar-refractivity contribution in [3.63, 3.8) is 0 Å². The Morgan fingerprint density at radius 3 is 2.48 bits per heavy atom. The first-order valence-electron chi connectivity index (χ1n) is 17.4. The molecule has 3 heterocycles. The van der Waals surface area contributed by atoms with Gasteiger partial charge < -0.3 is 10.4 Å². The maximum absolute atomic E-state index is 15.6. The highest BCUT2D eigenvalue weighted by Crippen LogP contribution is 2.63. The molecule has 2 aromatic carbocycles. The largest absolute Gasteiger partial charge is 0.378 e. The Morgan fingerprint density at radius 2 is 1.84 bits per heavy atom. The quantitative estimate of drug-likeness (QED) is 0.105. The van der Waals surface area contributed by atoms with E-state index in [9.17, 15) is 31.5 Å². The Labute approximate surface area is 323 Å². The number of anilines is 1. The summed E-state index contributed by atoms with van der Waals surface area (Å²) in [4.78, 5) is 18.8. The zero-order valence-corrected chi connectivity index (χ0v) is 31.9. The Morgan fingerprint density at radius 1 is 1.11 bits per heavy atom. The molecule has 3 unspecified atom stereocenters. The molecule has 3 atom stereocenters. The van der Waals surface area contributed by atoms with E-state index in [0.717, 1.165) is 6.26 Å². The monoisotopic (exact) mass is 815 g/mol. The number of halogens is 6. The first kappa shape index (κ1) is 39.2. The van der Waals surface area contributed by atoms with Crippen LogP contribution in [-0.2, 0) is 40.8 Å². The lowest BCUT2D eigenvalue weighted by Gasteiger charge is -2.34. The number of fused-ring (bicyclic) bond motifs is 4. The highest BCUT2D eigenvalue weighted by molar-refractivity contribution is 7.92. The molecule has 0 radical (unpaired) electrons. The number of amides is 1. The molecule has 11 nitrogen and oxygen atoms in total. The Hall–Kier alpha value is -5.05. The average molecular weight is 816 g/mol. The number of aliphatic hydroxyl groups is 1. The Bertz CT molecular complexity index is 2580. The lowest BCUT2D eigenvalue weighted by Crippen LogP contribution is -2.36. The summed E-state index contributed by atoms with van der Waals surface area (Å²) in [6, 6.07) is 10.7. The number of nitrogens with zero attached hydrogens (tertiary/aromatic N) is 5. The van der Waals surface area contributed by atoms with E-state index in [4.69, 9.17) is 16.6 Å². The number of benzene rings is 2. The van der Waals surface area contributed by atoms with Crippen molar-refractivity contribution in [1.82, 2.24) is 29.9 Å². The minimum absolute atomic E-state index is 0.0520. The number of hydrogen-bond acceptors (Lipinski definition) is 7. The second-order valence-electron chi connectivity index (χ2n) is 14.6. The van der Waals surface area contributed by atoms with Crippen LogP contribution >= 0.6 is 11.6 Å². The van der Waals surface area contributed by atoms with Gasteiger partial charge in [0.1, 0.15) is 35.0 Å². The lowest BCUT2D eigenvalue weighted by molar-refractivity contribution is -0.123. The Kier molecular flexibility index (Phi) is 9.91. The summed E-state index contributed by atoms with van der Waals surface area (Å²) in [6.45, 7) is 2.10. The molecule has 0 saturated heterocycles.